The molecule has 1 fully saturated rings. The first-order valence-corrected chi connectivity index (χ1v) is 9.03. The van der Waals surface area contributed by atoms with E-state index in [-0.39, 0.29) is 17.6 Å². The molecule has 2 rings (SSSR count). The summed E-state index contributed by atoms with van der Waals surface area (Å²) in [6.45, 7) is 3.88. The number of hydrogen-bond acceptors (Lipinski definition) is 6. The van der Waals surface area contributed by atoms with Gasteiger partial charge >= 0.3 is 5.69 Å². The number of aromatic hydroxyl groups is 1. The van der Waals surface area contributed by atoms with E-state index in [1.54, 1.807) is 0 Å². The van der Waals surface area contributed by atoms with Crippen LogP contribution in [0.1, 0.15) is 19.8 Å². The minimum absolute atomic E-state index is 0.0643. The Bertz CT molecular complexity index is 710. The summed E-state index contributed by atoms with van der Waals surface area (Å²) in [6, 6.07) is 2.11. The van der Waals surface area contributed by atoms with Gasteiger partial charge in [0, 0.05) is 18.7 Å². The summed E-state index contributed by atoms with van der Waals surface area (Å²) in [5.74, 6) is -0.950. The van der Waals surface area contributed by atoms with Crippen LogP contribution >= 0.6 is 11.6 Å². The fourth-order valence-electron chi connectivity index (χ4n) is 2.76. The molecule has 1 aromatic carbocycles. The van der Waals surface area contributed by atoms with Crippen molar-refractivity contribution in [2.45, 2.75) is 30.7 Å². The summed E-state index contributed by atoms with van der Waals surface area (Å²) in [4.78, 5) is 11.5. The molecule has 0 saturated carbocycles. The molecule has 128 valence electrons. The molecule has 10 heteroatoms. The first-order valence-electron chi connectivity index (χ1n) is 7.17. The highest BCUT2D eigenvalue weighted by Gasteiger charge is 2.31. The number of phenols is 1. The van der Waals surface area contributed by atoms with Crippen molar-refractivity contribution >= 4 is 27.3 Å². The lowest BCUT2D eigenvalue weighted by Gasteiger charge is -2.23. The molecule has 8 nitrogen and oxygen atoms in total. The van der Waals surface area contributed by atoms with Crippen molar-refractivity contribution < 1.29 is 18.4 Å². The van der Waals surface area contributed by atoms with E-state index in [4.69, 9.17) is 11.6 Å². The Morgan fingerprint density at radius 3 is 2.83 bits per heavy atom. The van der Waals surface area contributed by atoms with Crippen molar-refractivity contribution in [1.82, 2.24) is 9.62 Å². The number of nitrogens with one attached hydrogen (secondary N) is 1. The lowest BCUT2D eigenvalue weighted by molar-refractivity contribution is -0.386. The summed E-state index contributed by atoms with van der Waals surface area (Å²) in [5, 5.41) is 20.5. The fourth-order valence-corrected chi connectivity index (χ4v) is 4.46. The summed E-state index contributed by atoms with van der Waals surface area (Å²) < 4.78 is 27.2. The normalized spacial score (nSPS) is 19.1. The molecule has 0 bridgehead atoms. The summed E-state index contributed by atoms with van der Waals surface area (Å²) in [5.41, 5.74) is -0.703. The van der Waals surface area contributed by atoms with Crippen LogP contribution in [0.3, 0.4) is 0 Å². The summed E-state index contributed by atoms with van der Waals surface area (Å²) in [6.07, 6.45) is 1.86. The van der Waals surface area contributed by atoms with Crippen LogP contribution in [0.25, 0.3) is 0 Å². The molecule has 1 saturated heterocycles. The lowest BCUT2D eigenvalue weighted by Crippen LogP contribution is -2.40. The highest BCUT2D eigenvalue weighted by atomic mass is 35.5. The first kappa shape index (κ1) is 17.9. The van der Waals surface area contributed by atoms with Crippen LogP contribution in [-0.4, -0.2) is 49.0 Å². The average Bonchev–Trinajstić information content (AvgIpc) is 2.92. The third-order valence-electron chi connectivity index (χ3n) is 3.94. The van der Waals surface area contributed by atoms with Gasteiger partial charge < -0.3 is 5.11 Å². The van der Waals surface area contributed by atoms with E-state index in [0.29, 0.717) is 0 Å². The van der Waals surface area contributed by atoms with Crippen molar-refractivity contribution in [3.63, 3.8) is 0 Å². The zero-order valence-corrected chi connectivity index (χ0v) is 14.1. The van der Waals surface area contributed by atoms with Crippen LogP contribution in [0.5, 0.6) is 5.75 Å². The second-order valence-corrected chi connectivity index (χ2v) is 7.39. The molecule has 1 unspecified atom stereocenters. The van der Waals surface area contributed by atoms with Gasteiger partial charge in [-0.1, -0.05) is 18.5 Å². The molecule has 1 aromatic rings. The zero-order chi connectivity index (χ0) is 17.2. The summed E-state index contributed by atoms with van der Waals surface area (Å²) >= 11 is 5.83. The van der Waals surface area contributed by atoms with Crippen molar-refractivity contribution in [1.29, 1.82) is 0 Å². The second-order valence-electron chi connectivity index (χ2n) is 5.28. The fraction of sp³-hybridized carbons (Fsp3) is 0.538. The molecule has 0 aromatic heterocycles. The number of sulfonamides is 1. The largest absolute Gasteiger partial charge is 0.501 e. The molecule has 1 atom stereocenters. The third-order valence-corrected chi connectivity index (χ3v) is 5.87. The average molecular weight is 364 g/mol. The number of likely N-dealkylation sites (tertiary alicyclic amines) is 1. The maximum absolute atomic E-state index is 12.4. The molecular weight excluding hydrogens is 346 g/mol. The molecule has 1 aliphatic rings. The van der Waals surface area contributed by atoms with Crippen LogP contribution < -0.4 is 4.72 Å². The monoisotopic (exact) mass is 363 g/mol. The number of nitro groups is 1. The minimum Gasteiger partial charge on any atom is -0.501 e. The SMILES string of the molecule is CCN1CCCC1CNS(=O)(=O)c1c(Cl)ccc([N+](=O)[O-])c1O. The van der Waals surface area contributed by atoms with Gasteiger partial charge in [-0.15, -0.1) is 0 Å². The Balaban J connectivity index is 2.26. The molecule has 1 aliphatic heterocycles. The van der Waals surface area contributed by atoms with E-state index in [9.17, 15) is 23.6 Å². The number of phenolic OH excluding ortho intramolecular Hbond substituents is 1. The van der Waals surface area contributed by atoms with E-state index in [1.807, 2.05) is 6.92 Å². The Morgan fingerprint density at radius 2 is 2.22 bits per heavy atom. The van der Waals surface area contributed by atoms with E-state index in [0.717, 1.165) is 38.1 Å². The smallest absolute Gasteiger partial charge is 0.312 e. The van der Waals surface area contributed by atoms with E-state index in [1.165, 1.54) is 0 Å². The molecule has 0 spiro atoms. The Labute approximate surface area is 139 Å². The Morgan fingerprint density at radius 1 is 1.52 bits per heavy atom. The minimum atomic E-state index is -4.16. The number of likely N-dealkylation sites (N-methyl/N-ethyl adjacent to an activating group) is 1. The highest BCUT2D eigenvalue weighted by Crippen LogP contribution is 2.37. The molecule has 0 aliphatic carbocycles. The third kappa shape index (κ3) is 3.74. The molecule has 0 amide bonds. The van der Waals surface area contributed by atoms with Gasteiger partial charge in [0.25, 0.3) is 0 Å². The topological polar surface area (TPSA) is 113 Å². The number of nitro benzene ring substituents is 1. The maximum Gasteiger partial charge on any atom is 0.312 e. The molecular formula is C13H18ClN3O5S. The van der Waals surface area contributed by atoms with Gasteiger partial charge in [0.05, 0.1) is 9.95 Å². The molecule has 0 radical (unpaired) electrons. The van der Waals surface area contributed by atoms with Gasteiger partial charge in [-0.25, -0.2) is 13.1 Å². The number of benzene rings is 1. The molecule has 23 heavy (non-hydrogen) atoms. The lowest BCUT2D eigenvalue weighted by atomic mass is 10.2. The highest BCUT2D eigenvalue weighted by molar-refractivity contribution is 7.89. The Kier molecular flexibility index (Phi) is 5.45. The number of nitrogens with zero attached hydrogens (tertiary/aromatic N) is 2. The Hall–Kier alpha value is -1.42. The quantitative estimate of drug-likeness (QED) is 0.587. The predicted molar refractivity (Wildman–Crippen MR) is 85.2 cm³/mol. The standard InChI is InChI=1S/C13H18ClN3O5S/c1-2-16-7-3-4-9(16)8-15-23(21,22)13-10(14)5-6-11(12(13)18)17(19)20/h5-6,9,15,18H,2-4,7-8H2,1H3. The van der Waals surface area contributed by atoms with Crippen LogP contribution in [0, 0.1) is 10.1 Å². The number of hydrogen-bond donors (Lipinski definition) is 2. The zero-order valence-electron chi connectivity index (χ0n) is 12.5. The van der Waals surface area contributed by atoms with Crippen molar-refractivity contribution in [3.05, 3.63) is 27.3 Å². The van der Waals surface area contributed by atoms with Crippen molar-refractivity contribution in [3.8, 4) is 5.75 Å². The number of rotatable bonds is 6. The van der Waals surface area contributed by atoms with Gasteiger partial charge in [-0.2, -0.15) is 0 Å². The predicted octanol–water partition coefficient (Wildman–Crippen LogP) is 1.72. The van der Waals surface area contributed by atoms with Crippen LogP contribution in [0.4, 0.5) is 5.69 Å². The summed E-state index contributed by atoms with van der Waals surface area (Å²) in [7, 11) is -4.16. The van der Waals surface area contributed by atoms with Crippen LogP contribution in [-0.2, 0) is 10.0 Å². The first-order chi connectivity index (χ1) is 10.8. The van der Waals surface area contributed by atoms with Gasteiger partial charge in [0.1, 0.15) is 4.90 Å². The van der Waals surface area contributed by atoms with E-state index >= 15 is 0 Å². The molecule has 1 heterocycles. The van der Waals surface area contributed by atoms with Gasteiger partial charge in [0.2, 0.25) is 15.8 Å². The van der Waals surface area contributed by atoms with Crippen molar-refractivity contribution in [2.24, 2.45) is 0 Å². The maximum atomic E-state index is 12.4. The number of halogens is 1. The second kappa shape index (κ2) is 7.00. The van der Waals surface area contributed by atoms with E-state index in [2.05, 4.69) is 9.62 Å². The van der Waals surface area contributed by atoms with Crippen LogP contribution in [0.15, 0.2) is 17.0 Å². The molecule has 2 N–H and O–H groups in total. The van der Waals surface area contributed by atoms with Gasteiger partial charge in [0.15, 0.2) is 0 Å². The van der Waals surface area contributed by atoms with Crippen LogP contribution in [0.2, 0.25) is 5.02 Å². The van der Waals surface area contributed by atoms with Crippen molar-refractivity contribution in [2.75, 3.05) is 19.6 Å². The van der Waals surface area contributed by atoms with Gasteiger partial charge in [-0.05, 0) is 32.0 Å². The van der Waals surface area contributed by atoms with Gasteiger partial charge in [-0.3, -0.25) is 15.0 Å². The van der Waals surface area contributed by atoms with E-state index < -0.39 is 31.3 Å².